The van der Waals surface area contributed by atoms with Crippen molar-refractivity contribution in [3.8, 4) is 0 Å². The predicted octanol–water partition coefficient (Wildman–Crippen LogP) is 2.53. The standard InChI is InChI=1S/C13H16BrClN2O3S/c1-13(2)5-7(13)6-17-12(18)8-3-11(21(16,19)20)9(14)4-10(8)15/h3-4,7H,5-6H2,1-2H3,(H,17,18)(H2,16,19,20). The number of amides is 1. The van der Waals surface area contributed by atoms with Gasteiger partial charge < -0.3 is 5.32 Å². The van der Waals surface area contributed by atoms with Crippen molar-refractivity contribution < 1.29 is 13.2 Å². The van der Waals surface area contributed by atoms with Crippen LogP contribution < -0.4 is 10.5 Å². The van der Waals surface area contributed by atoms with Crippen LogP contribution in [0.1, 0.15) is 30.6 Å². The van der Waals surface area contributed by atoms with E-state index in [1.54, 1.807) is 0 Å². The molecule has 21 heavy (non-hydrogen) atoms. The number of carbonyl (C=O) groups is 1. The SMILES string of the molecule is CC1(C)CC1CNC(=O)c1cc(S(N)(=O)=O)c(Br)cc1Cl. The molecule has 1 saturated carbocycles. The zero-order chi connectivity index (χ0) is 16.0. The van der Waals surface area contributed by atoms with E-state index in [0.29, 0.717) is 12.5 Å². The Morgan fingerprint density at radius 3 is 2.57 bits per heavy atom. The molecule has 8 heteroatoms. The number of rotatable bonds is 4. The van der Waals surface area contributed by atoms with Gasteiger partial charge in [-0.3, -0.25) is 4.79 Å². The average molecular weight is 396 g/mol. The van der Waals surface area contributed by atoms with E-state index in [1.165, 1.54) is 12.1 Å². The van der Waals surface area contributed by atoms with Gasteiger partial charge in [-0.2, -0.15) is 0 Å². The Labute approximate surface area is 137 Å². The topological polar surface area (TPSA) is 89.3 Å². The lowest BCUT2D eigenvalue weighted by atomic mass is 10.1. The molecular formula is C13H16BrClN2O3S. The summed E-state index contributed by atoms with van der Waals surface area (Å²) in [6.45, 7) is 4.81. The first-order valence-corrected chi connectivity index (χ1v) is 9.04. The molecule has 0 aromatic heterocycles. The van der Waals surface area contributed by atoms with E-state index < -0.39 is 15.9 Å². The first kappa shape index (κ1) is 16.7. The molecule has 1 aromatic rings. The van der Waals surface area contributed by atoms with E-state index in [-0.39, 0.29) is 25.4 Å². The lowest BCUT2D eigenvalue weighted by molar-refractivity contribution is 0.0950. The third-order valence-corrected chi connectivity index (χ3v) is 5.98. The van der Waals surface area contributed by atoms with Gasteiger partial charge in [0.05, 0.1) is 15.5 Å². The van der Waals surface area contributed by atoms with E-state index >= 15 is 0 Å². The summed E-state index contributed by atoms with van der Waals surface area (Å²) in [4.78, 5) is 12.0. The third kappa shape index (κ3) is 3.77. The molecule has 0 bridgehead atoms. The molecular weight excluding hydrogens is 380 g/mol. The largest absolute Gasteiger partial charge is 0.352 e. The monoisotopic (exact) mass is 394 g/mol. The quantitative estimate of drug-likeness (QED) is 0.821. The molecule has 1 aliphatic rings. The second kappa shape index (κ2) is 5.53. The van der Waals surface area contributed by atoms with Gasteiger partial charge in [0, 0.05) is 11.0 Å². The highest BCUT2D eigenvalue weighted by Gasteiger charge is 2.45. The summed E-state index contributed by atoms with van der Waals surface area (Å²) in [6.07, 6.45) is 1.06. The second-order valence-electron chi connectivity index (χ2n) is 5.91. The maximum Gasteiger partial charge on any atom is 0.252 e. The zero-order valence-electron chi connectivity index (χ0n) is 11.6. The first-order valence-electron chi connectivity index (χ1n) is 6.32. The van der Waals surface area contributed by atoms with Crippen LogP contribution in [0, 0.1) is 11.3 Å². The van der Waals surface area contributed by atoms with Crippen molar-refractivity contribution in [2.75, 3.05) is 6.54 Å². The molecule has 1 fully saturated rings. The van der Waals surface area contributed by atoms with E-state index in [2.05, 4.69) is 35.1 Å². The molecule has 1 aromatic carbocycles. The molecule has 2 rings (SSSR count). The highest BCUT2D eigenvalue weighted by atomic mass is 79.9. The fourth-order valence-electron chi connectivity index (χ4n) is 2.16. The number of hydrogen-bond acceptors (Lipinski definition) is 3. The minimum absolute atomic E-state index is 0.0994. The van der Waals surface area contributed by atoms with E-state index in [0.717, 1.165) is 6.42 Å². The van der Waals surface area contributed by atoms with Gasteiger partial charge in [0.1, 0.15) is 0 Å². The van der Waals surface area contributed by atoms with Crippen LogP contribution in [0.25, 0.3) is 0 Å². The minimum Gasteiger partial charge on any atom is -0.352 e. The molecule has 1 aliphatic carbocycles. The Hall–Kier alpha value is -0.630. The average Bonchev–Trinajstić information content (AvgIpc) is 2.92. The number of nitrogens with one attached hydrogen (secondary N) is 1. The summed E-state index contributed by atoms with van der Waals surface area (Å²) in [5.74, 6) is 0.0356. The highest BCUT2D eigenvalue weighted by Crippen LogP contribution is 2.51. The molecule has 0 saturated heterocycles. The molecule has 0 heterocycles. The number of nitrogens with two attached hydrogens (primary N) is 1. The van der Waals surface area contributed by atoms with Gasteiger partial charge >= 0.3 is 0 Å². The predicted molar refractivity (Wildman–Crippen MR) is 84.7 cm³/mol. The van der Waals surface area contributed by atoms with Crippen LogP contribution in [0.5, 0.6) is 0 Å². The highest BCUT2D eigenvalue weighted by molar-refractivity contribution is 9.10. The third-order valence-electron chi connectivity index (χ3n) is 3.80. The number of hydrogen-bond donors (Lipinski definition) is 2. The summed E-state index contributed by atoms with van der Waals surface area (Å²) in [7, 11) is -3.93. The van der Waals surface area contributed by atoms with Crippen LogP contribution in [0.3, 0.4) is 0 Å². The van der Waals surface area contributed by atoms with Gasteiger partial charge in [0.15, 0.2) is 0 Å². The van der Waals surface area contributed by atoms with Gasteiger partial charge in [-0.25, -0.2) is 13.6 Å². The molecule has 0 radical (unpaired) electrons. The van der Waals surface area contributed by atoms with Gasteiger partial charge in [0.25, 0.3) is 5.91 Å². The van der Waals surface area contributed by atoms with E-state index in [1.807, 2.05) is 0 Å². The lowest BCUT2D eigenvalue weighted by Crippen LogP contribution is -2.27. The zero-order valence-corrected chi connectivity index (χ0v) is 14.8. The molecule has 3 N–H and O–H groups in total. The summed E-state index contributed by atoms with van der Waals surface area (Å²) < 4.78 is 23.2. The van der Waals surface area contributed by atoms with Crippen molar-refractivity contribution in [2.45, 2.75) is 25.2 Å². The van der Waals surface area contributed by atoms with Crippen molar-refractivity contribution in [1.29, 1.82) is 0 Å². The number of carbonyl (C=O) groups excluding carboxylic acids is 1. The van der Waals surface area contributed by atoms with E-state index in [9.17, 15) is 13.2 Å². The Morgan fingerprint density at radius 1 is 1.52 bits per heavy atom. The van der Waals surface area contributed by atoms with Gasteiger partial charge in [-0.05, 0) is 45.8 Å². The molecule has 0 aliphatic heterocycles. The van der Waals surface area contributed by atoms with Gasteiger partial charge in [-0.1, -0.05) is 25.4 Å². The number of sulfonamides is 1. The Balaban J connectivity index is 2.21. The van der Waals surface area contributed by atoms with Crippen molar-refractivity contribution in [3.05, 3.63) is 27.2 Å². The van der Waals surface area contributed by atoms with Crippen LogP contribution in [0.15, 0.2) is 21.5 Å². The van der Waals surface area contributed by atoms with Crippen molar-refractivity contribution in [2.24, 2.45) is 16.5 Å². The summed E-state index contributed by atoms with van der Waals surface area (Å²) in [6, 6.07) is 2.55. The normalized spacial score (nSPS) is 20.1. The second-order valence-corrected chi connectivity index (χ2v) is 8.70. The van der Waals surface area contributed by atoms with Gasteiger partial charge in [-0.15, -0.1) is 0 Å². The van der Waals surface area contributed by atoms with Crippen LogP contribution in [0.4, 0.5) is 0 Å². The molecule has 116 valence electrons. The maximum atomic E-state index is 12.2. The lowest BCUT2D eigenvalue weighted by Gasteiger charge is -2.10. The maximum absolute atomic E-state index is 12.2. The molecule has 0 spiro atoms. The smallest absolute Gasteiger partial charge is 0.252 e. The summed E-state index contributed by atoms with van der Waals surface area (Å²) in [5, 5.41) is 8.06. The van der Waals surface area contributed by atoms with Crippen LogP contribution in [0.2, 0.25) is 5.02 Å². The molecule has 5 nitrogen and oxygen atoms in total. The Morgan fingerprint density at radius 2 is 2.10 bits per heavy atom. The van der Waals surface area contributed by atoms with Crippen LogP contribution in [-0.2, 0) is 10.0 Å². The Bertz CT molecular complexity index is 704. The van der Waals surface area contributed by atoms with Crippen LogP contribution in [-0.4, -0.2) is 20.9 Å². The molecule has 1 amide bonds. The van der Waals surface area contributed by atoms with Crippen molar-refractivity contribution in [3.63, 3.8) is 0 Å². The number of benzene rings is 1. The fraction of sp³-hybridized carbons (Fsp3) is 0.462. The molecule has 1 atom stereocenters. The van der Waals surface area contributed by atoms with Crippen molar-refractivity contribution in [1.82, 2.24) is 5.32 Å². The van der Waals surface area contributed by atoms with Gasteiger partial charge in [0.2, 0.25) is 10.0 Å². The fourth-order valence-corrected chi connectivity index (χ4v) is 4.17. The first-order chi connectivity index (χ1) is 9.52. The van der Waals surface area contributed by atoms with E-state index in [4.69, 9.17) is 16.7 Å². The molecule has 1 unspecified atom stereocenters. The summed E-state index contributed by atoms with van der Waals surface area (Å²) in [5.41, 5.74) is 0.352. The minimum atomic E-state index is -3.93. The number of primary sulfonamides is 1. The summed E-state index contributed by atoms with van der Waals surface area (Å²) >= 11 is 9.08. The Kier molecular flexibility index (Phi) is 4.41. The number of halogens is 2. The van der Waals surface area contributed by atoms with Crippen molar-refractivity contribution >= 4 is 43.5 Å². The van der Waals surface area contributed by atoms with Crippen LogP contribution >= 0.6 is 27.5 Å².